The Balaban J connectivity index is 1.27. The largest absolute Gasteiger partial charge is 0.489 e. The highest BCUT2D eigenvalue weighted by Crippen LogP contribution is 2.14. The van der Waals surface area contributed by atoms with Gasteiger partial charge in [0, 0.05) is 31.7 Å². The summed E-state index contributed by atoms with van der Waals surface area (Å²) in [4.78, 5) is 29.0. The summed E-state index contributed by atoms with van der Waals surface area (Å²) in [6.45, 7) is 2.71. The molecule has 4 rings (SSSR count). The van der Waals surface area contributed by atoms with Gasteiger partial charge >= 0.3 is 0 Å². The highest BCUT2D eigenvalue weighted by atomic mass is 16.5. The molecular formula is C26H26N2O3. The Morgan fingerprint density at radius 1 is 0.677 bits per heavy atom. The third kappa shape index (κ3) is 5.51. The molecule has 5 heteroatoms. The SMILES string of the molecule is O=C(Cc1ccccc1)N1CCN(C(=O)c2ccc(COc3ccccc3)cc2)CC1. The molecule has 5 nitrogen and oxygen atoms in total. The number of ether oxygens (including phenoxy) is 1. The number of benzene rings is 3. The maximum absolute atomic E-state index is 12.8. The molecule has 3 aromatic rings. The van der Waals surface area contributed by atoms with Crippen molar-refractivity contribution in [1.29, 1.82) is 0 Å². The Labute approximate surface area is 182 Å². The lowest BCUT2D eigenvalue weighted by Gasteiger charge is -2.35. The maximum Gasteiger partial charge on any atom is 0.253 e. The molecule has 3 aromatic carbocycles. The van der Waals surface area contributed by atoms with E-state index in [0.717, 1.165) is 16.9 Å². The van der Waals surface area contributed by atoms with E-state index in [1.54, 1.807) is 0 Å². The first-order valence-corrected chi connectivity index (χ1v) is 10.6. The quantitative estimate of drug-likeness (QED) is 0.617. The minimum atomic E-state index is 0.00526. The number of para-hydroxylation sites is 1. The standard InChI is InChI=1S/C26H26N2O3/c29-25(19-21-7-3-1-4-8-21)27-15-17-28(18-16-27)26(30)23-13-11-22(12-14-23)20-31-24-9-5-2-6-10-24/h1-14H,15-20H2. The van der Waals surface area contributed by atoms with Gasteiger partial charge in [0.2, 0.25) is 5.91 Å². The fraction of sp³-hybridized carbons (Fsp3) is 0.231. The monoisotopic (exact) mass is 414 g/mol. The van der Waals surface area contributed by atoms with E-state index in [0.29, 0.717) is 44.8 Å². The number of amides is 2. The van der Waals surface area contributed by atoms with E-state index in [1.807, 2.05) is 94.7 Å². The van der Waals surface area contributed by atoms with Gasteiger partial charge in [-0.15, -0.1) is 0 Å². The third-order valence-electron chi connectivity index (χ3n) is 5.47. The summed E-state index contributed by atoms with van der Waals surface area (Å²) >= 11 is 0. The lowest BCUT2D eigenvalue weighted by atomic mass is 10.1. The zero-order valence-electron chi connectivity index (χ0n) is 17.4. The van der Waals surface area contributed by atoms with Crippen LogP contribution in [-0.2, 0) is 17.8 Å². The summed E-state index contributed by atoms with van der Waals surface area (Å²) in [5, 5.41) is 0. The molecule has 1 heterocycles. The van der Waals surface area contributed by atoms with E-state index in [9.17, 15) is 9.59 Å². The Morgan fingerprint density at radius 3 is 1.90 bits per heavy atom. The van der Waals surface area contributed by atoms with Crippen LogP contribution in [0, 0.1) is 0 Å². The Kier molecular flexibility index (Phi) is 6.62. The number of piperazine rings is 1. The molecule has 0 aliphatic carbocycles. The lowest BCUT2D eigenvalue weighted by Crippen LogP contribution is -2.51. The van der Waals surface area contributed by atoms with Crippen LogP contribution in [0.2, 0.25) is 0 Å². The van der Waals surface area contributed by atoms with Crippen molar-refractivity contribution >= 4 is 11.8 Å². The fourth-order valence-electron chi connectivity index (χ4n) is 3.65. The Hall–Kier alpha value is -3.60. The third-order valence-corrected chi connectivity index (χ3v) is 5.47. The van der Waals surface area contributed by atoms with Gasteiger partial charge in [-0.2, -0.15) is 0 Å². The second kappa shape index (κ2) is 9.94. The van der Waals surface area contributed by atoms with Crippen LogP contribution in [0.3, 0.4) is 0 Å². The summed E-state index contributed by atoms with van der Waals surface area (Å²) in [6, 6.07) is 27.0. The molecule has 1 fully saturated rings. The van der Waals surface area contributed by atoms with Crippen molar-refractivity contribution in [3.63, 3.8) is 0 Å². The average Bonchev–Trinajstić information content (AvgIpc) is 2.84. The van der Waals surface area contributed by atoms with E-state index >= 15 is 0 Å². The minimum absolute atomic E-state index is 0.00526. The molecule has 2 amide bonds. The molecule has 0 radical (unpaired) electrons. The summed E-state index contributed by atoms with van der Waals surface area (Å²) in [6.07, 6.45) is 0.404. The van der Waals surface area contributed by atoms with Gasteiger partial charge in [0.15, 0.2) is 0 Å². The molecular weight excluding hydrogens is 388 g/mol. The molecule has 0 bridgehead atoms. The summed E-state index contributed by atoms with van der Waals surface area (Å²) in [5.74, 6) is 0.939. The van der Waals surface area contributed by atoms with E-state index < -0.39 is 0 Å². The summed E-state index contributed by atoms with van der Waals surface area (Å²) in [7, 11) is 0. The van der Waals surface area contributed by atoms with Crippen LogP contribution in [0.25, 0.3) is 0 Å². The Bertz CT molecular complexity index is 996. The van der Waals surface area contributed by atoms with Crippen LogP contribution in [0.15, 0.2) is 84.9 Å². The second-order valence-corrected chi connectivity index (χ2v) is 7.63. The first-order chi connectivity index (χ1) is 15.2. The van der Waals surface area contributed by atoms with Crippen molar-refractivity contribution in [1.82, 2.24) is 9.80 Å². The number of hydrogen-bond donors (Lipinski definition) is 0. The van der Waals surface area contributed by atoms with Gasteiger partial charge in [-0.25, -0.2) is 0 Å². The highest BCUT2D eigenvalue weighted by molar-refractivity contribution is 5.94. The fourth-order valence-corrected chi connectivity index (χ4v) is 3.65. The van der Waals surface area contributed by atoms with Crippen molar-refractivity contribution in [2.45, 2.75) is 13.0 Å². The first-order valence-electron chi connectivity index (χ1n) is 10.6. The van der Waals surface area contributed by atoms with Gasteiger partial charge < -0.3 is 14.5 Å². The molecule has 0 saturated carbocycles. The van der Waals surface area contributed by atoms with Crippen LogP contribution in [0.4, 0.5) is 0 Å². The van der Waals surface area contributed by atoms with Crippen LogP contribution in [0.5, 0.6) is 5.75 Å². The van der Waals surface area contributed by atoms with Crippen LogP contribution < -0.4 is 4.74 Å². The zero-order chi connectivity index (χ0) is 21.5. The van der Waals surface area contributed by atoms with Gasteiger partial charge in [-0.3, -0.25) is 9.59 Å². The lowest BCUT2D eigenvalue weighted by molar-refractivity contribution is -0.131. The molecule has 31 heavy (non-hydrogen) atoms. The molecule has 0 unspecified atom stereocenters. The van der Waals surface area contributed by atoms with E-state index in [2.05, 4.69) is 0 Å². The molecule has 0 N–H and O–H groups in total. The number of carbonyl (C=O) groups is 2. The van der Waals surface area contributed by atoms with Crippen LogP contribution in [0.1, 0.15) is 21.5 Å². The number of carbonyl (C=O) groups excluding carboxylic acids is 2. The molecule has 1 saturated heterocycles. The molecule has 0 spiro atoms. The summed E-state index contributed by atoms with van der Waals surface area (Å²) < 4.78 is 5.75. The van der Waals surface area contributed by atoms with Crippen LogP contribution in [-0.4, -0.2) is 47.8 Å². The van der Waals surface area contributed by atoms with Gasteiger partial charge in [-0.05, 0) is 35.4 Å². The minimum Gasteiger partial charge on any atom is -0.489 e. The molecule has 1 aliphatic rings. The maximum atomic E-state index is 12.8. The number of rotatable bonds is 6. The van der Waals surface area contributed by atoms with Gasteiger partial charge in [-0.1, -0.05) is 60.7 Å². The van der Waals surface area contributed by atoms with Crippen molar-refractivity contribution in [2.75, 3.05) is 26.2 Å². The average molecular weight is 415 g/mol. The van der Waals surface area contributed by atoms with E-state index in [4.69, 9.17) is 4.74 Å². The van der Waals surface area contributed by atoms with E-state index in [1.165, 1.54) is 0 Å². The number of nitrogens with zero attached hydrogens (tertiary/aromatic N) is 2. The zero-order valence-corrected chi connectivity index (χ0v) is 17.4. The van der Waals surface area contributed by atoms with Gasteiger partial charge in [0.25, 0.3) is 5.91 Å². The molecule has 158 valence electrons. The van der Waals surface area contributed by atoms with Crippen LogP contribution >= 0.6 is 0 Å². The summed E-state index contributed by atoms with van der Waals surface area (Å²) in [5.41, 5.74) is 2.69. The molecule has 0 aromatic heterocycles. The predicted molar refractivity (Wildman–Crippen MR) is 120 cm³/mol. The first kappa shape index (κ1) is 20.7. The predicted octanol–water partition coefficient (Wildman–Crippen LogP) is 3.79. The Morgan fingerprint density at radius 2 is 1.26 bits per heavy atom. The highest BCUT2D eigenvalue weighted by Gasteiger charge is 2.24. The molecule has 0 atom stereocenters. The van der Waals surface area contributed by atoms with Crippen molar-refractivity contribution in [3.8, 4) is 5.75 Å². The van der Waals surface area contributed by atoms with Crippen molar-refractivity contribution in [2.24, 2.45) is 0 Å². The normalized spacial score (nSPS) is 13.7. The smallest absolute Gasteiger partial charge is 0.253 e. The van der Waals surface area contributed by atoms with Gasteiger partial charge in [0.05, 0.1) is 6.42 Å². The van der Waals surface area contributed by atoms with Crippen molar-refractivity contribution in [3.05, 3.63) is 102 Å². The topological polar surface area (TPSA) is 49.9 Å². The molecule has 1 aliphatic heterocycles. The van der Waals surface area contributed by atoms with Gasteiger partial charge in [0.1, 0.15) is 12.4 Å². The van der Waals surface area contributed by atoms with Crippen molar-refractivity contribution < 1.29 is 14.3 Å². The van der Waals surface area contributed by atoms with E-state index in [-0.39, 0.29) is 11.8 Å². The number of hydrogen-bond acceptors (Lipinski definition) is 3. The second-order valence-electron chi connectivity index (χ2n) is 7.63.